The monoisotopic (exact) mass is 433 g/mol. The van der Waals surface area contributed by atoms with Crippen LogP contribution in [0.25, 0.3) is 0 Å². The molecule has 6 heteroatoms. The Bertz CT molecular complexity index is 1070. The molecule has 1 atom stereocenters. The van der Waals surface area contributed by atoms with Gasteiger partial charge in [0.15, 0.2) is 0 Å². The second-order valence-electron chi connectivity index (χ2n) is 7.95. The fraction of sp³-hybridized carbons (Fsp3) is 0.231. The standard InChI is InChI=1S/C26H27NO5/c1-19-15-22(13-14-23(19)28)27(17-20-9-5-3-6-10-20)26(2,16-24(29)30)25(31)32-18-21-11-7-4-8-12-21/h3-15,28H,16-18H2,1-2H3,(H,29,30)/t26-/m0/s1. The molecule has 3 aromatic carbocycles. The first kappa shape index (κ1) is 22.9. The summed E-state index contributed by atoms with van der Waals surface area (Å²) in [5.74, 6) is -1.62. The van der Waals surface area contributed by atoms with Crippen LogP contribution in [0.4, 0.5) is 5.69 Å². The molecular weight excluding hydrogens is 406 g/mol. The highest BCUT2D eigenvalue weighted by atomic mass is 16.5. The van der Waals surface area contributed by atoms with Crippen LogP contribution in [-0.4, -0.2) is 27.7 Å². The van der Waals surface area contributed by atoms with Crippen LogP contribution in [0.5, 0.6) is 5.75 Å². The molecule has 0 amide bonds. The minimum absolute atomic E-state index is 0.0443. The van der Waals surface area contributed by atoms with Crippen molar-refractivity contribution in [2.75, 3.05) is 4.90 Å². The van der Waals surface area contributed by atoms with Crippen LogP contribution < -0.4 is 4.90 Å². The average molecular weight is 434 g/mol. The van der Waals surface area contributed by atoms with Gasteiger partial charge in [-0.05, 0) is 48.7 Å². The van der Waals surface area contributed by atoms with Gasteiger partial charge < -0.3 is 19.8 Å². The third-order valence-electron chi connectivity index (χ3n) is 5.42. The van der Waals surface area contributed by atoms with Crippen LogP contribution in [0.2, 0.25) is 0 Å². The number of aryl methyl sites for hydroxylation is 1. The molecule has 2 N–H and O–H groups in total. The van der Waals surface area contributed by atoms with E-state index in [9.17, 15) is 19.8 Å². The molecule has 0 saturated heterocycles. The highest BCUT2D eigenvalue weighted by molar-refractivity contribution is 5.90. The van der Waals surface area contributed by atoms with E-state index in [0.29, 0.717) is 11.3 Å². The normalized spacial score (nSPS) is 12.6. The number of phenols is 1. The van der Waals surface area contributed by atoms with Crippen molar-refractivity contribution in [3.63, 3.8) is 0 Å². The third kappa shape index (κ3) is 5.46. The lowest BCUT2D eigenvalue weighted by molar-refractivity contribution is -0.155. The Balaban J connectivity index is 2.00. The largest absolute Gasteiger partial charge is 0.508 e. The van der Waals surface area contributed by atoms with Crippen LogP contribution in [-0.2, 0) is 27.5 Å². The molecular formula is C26H27NO5. The van der Waals surface area contributed by atoms with Gasteiger partial charge >= 0.3 is 11.9 Å². The molecule has 166 valence electrons. The summed E-state index contributed by atoms with van der Waals surface area (Å²) < 4.78 is 5.59. The molecule has 0 aliphatic carbocycles. The first-order valence-corrected chi connectivity index (χ1v) is 10.3. The summed E-state index contributed by atoms with van der Waals surface area (Å²) in [7, 11) is 0. The Labute approximate surface area is 187 Å². The van der Waals surface area contributed by atoms with Crippen LogP contribution in [0, 0.1) is 6.92 Å². The number of nitrogens with zero attached hydrogens (tertiary/aromatic N) is 1. The van der Waals surface area contributed by atoms with Gasteiger partial charge in [0.05, 0.1) is 6.42 Å². The van der Waals surface area contributed by atoms with Crippen LogP contribution in [0.15, 0.2) is 78.9 Å². The van der Waals surface area contributed by atoms with E-state index in [2.05, 4.69) is 0 Å². The fourth-order valence-corrected chi connectivity index (χ4v) is 3.58. The van der Waals surface area contributed by atoms with Crippen molar-refractivity contribution in [3.8, 4) is 5.75 Å². The van der Waals surface area contributed by atoms with Crippen molar-refractivity contribution < 1.29 is 24.5 Å². The molecule has 3 rings (SSSR count). The Morgan fingerprint density at radius 3 is 2.09 bits per heavy atom. The molecule has 0 saturated carbocycles. The number of aromatic hydroxyl groups is 1. The molecule has 0 radical (unpaired) electrons. The van der Waals surface area contributed by atoms with Gasteiger partial charge in [-0.1, -0.05) is 60.7 Å². The molecule has 3 aromatic rings. The third-order valence-corrected chi connectivity index (χ3v) is 5.42. The molecule has 0 unspecified atom stereocenters. The highest BCUT2D eigenvalue weighted by Crippen LogP contribution is 2.33. The molecule has 0 aromatic heterocycles. The first-order valence-electron chi connectivity index (χ1n) is 10.3. The zero-order valence-corrected chi connectivity index (χ0v) is 18.2. The van der Waals surface area contributed by atoms with Crippen molar-refractivity contribution in [2.45, 2.75) is 39.0 Å². The molecule has 32 heavy (non-hydrogen) atoms. The van der Waals surface area contributed by atoms with Crippen molar-refractivity contribution in [2.24, 2.45) is 0 Å². The number of carbonyl (C=O) groups is 2. The Kier molecular flexibility index (Phi) is 7.15. The van der Waals surface area contributed by atoms with Gasteiger partial charge in [0, 0.05) is 12.2 Å². The van der Waals surface area contributed by atoms with Gasteiger partial charge in [-0.15, -0.1) is 0 Å². The summed E-state index contributed by atoms with van der Waals surface area (Å²) in [5.41, 5.74) is 1.47. The molecule has 0 bridgehead atoms. The van der Waals surface area contributed by atoms with E-state index in [1.807, 2.05) is 60.7 Å². The predicted octanol–water partition coefficient (Wildman–Crippen LogP) is 4.68. The van der Waals surface area contributed by atoms with Crippen LogP contribution in [0.3, 0.4) is 0 Å². The fourth-order valence-electron chi connectivity index (χ4n) is 3.58. The summed E-state index contributed by atoms with van der Waals surface area (Å²) in [5, 5.41) is 19.6. The number of benzene rings is 3. The maximum atomic E-state index is 13.4. The van der Waals surface area contributed by atoms with E-state index >= 15 is 0 Å². The topological polar surface area (TPSA) is 87.1 Å². The summed E-state index contributed by atoms with van der Waals surface area (Å²) in [6, 6.07) is 23.7. The second kappa shape index (κ2) is 10.0. The van der Waals surface area contributed by atoms with E-state index in [1.165, 1.54) is 0 Å². The van der Waals surface area contributed by atoms with Gasteiger partial charge in [-0.3, -0.25) is 4.79 Å². The molecule has 0 heterocycles. The van der Waals surface area contributed by atoms with Crippen molar-refractivity contribution in [3.05, 3.63) is 95.6 Å². The van der Waals surface area contributed by atoms with Crippen molar-refractivity contribution >= 4 is 17.6 Å². The lowest BCUT2D eigenvalue weighted by Gasteiger charge is -2.40. The summed E-state index contributed by atoms with van der Waals surface area (Å²) in [4.78, 5) is 26.9. The minimum Gasteiger partial charge on any atom is -0.508 e. The molecule has 0 aliphatic heterocycles. The average Bonchev–Trinajstić information content (AvgIpc) is 2.78. The number of esters is 1. The lowest BCUT2D eigenvalue weighted by atomic mass is 9.93. The van der Waals surface area contributed by atoms with Crippen LogP contribution >= 0.6 is 0 Å². The van der Waals surface area contributed by atoms with Gasteiger partial charge in [0.1, 0.15) is 17.9 Å². The SMILES string of the molecule is Cc1cc(N(Cc2ccccc2)[C@@](C)(CC(=O)O)C(=O)OCc2ccccc2)ccc1O. The number of ether oxygens (including phenoxy) is 1. The number of hydrogen-bond acceptors (Lipinski definition) is 5. The second-order valence-corrected chi connectivity index (χ2v) is 7.95. The Hall–Kier alpha value is -3.80. The molecule has 0 fully saturated rings. The smallest absolute Gasteiger partial charge is 0.332 e. The highest BCUT2D eigenvalue weighted by Gasteiger charge is 2.43. The van der Waals surface area contributed by atoms with Crippen molar-refractivity contribution in [1.82, 2.24) is 0 Å². The minimum atomic E-state index is -1.49. The van der Waals surface area contributed by atoms with E-state index < -0.39 is 23.9 Å². The zero-order valence-electron chi connectivity index (χ0n) is 18.2. The van der Waals surface area contributed by atoms with E-state index in [1.54, 1.807) is 36.9 Å². The molecule has 6 nitrogen and oxygen atoms in total. The van der Waals surface area contributed by atoms with E-state index in [-0.39, 0.29) is 18.9 Å². The zero-order chi connectivity index (χ0) is 23.1. The van der Waals surface area contributed by atoms with Crippen molar-refractivity contribution in [1.29, 1.82) is 0 Å². The summed E-state index contributed by atoms with van der Waals surface area (Å²) in [6.45, 7) is 3.67. The molecule has 0 aliphatic rings. The summed E-state index contributed by atoms with van der Waals surface area (Å²) >= 11 is 0. The Morgan fingerprint density at radius 1 is 0.938 bits per heavy atom. The lowest BCUT2D eigenvalue weighted by Crippen LogP contribution is -2.54. The van der Waals surface area contributed by atoms with Gasteiger partial charge in [-0.2, -0.15) is 0 Å². The molecule has 0 spiro atoms. The number of hydrogen-bond donors (Lipinski definition) is 2. The number of carbonyl (C=O) groups excluding carboxylic acids is 1. The van der Waals surface area contributed by atoms with E-state index in [4.69, 9.17) is 4.74 Å². The number of aliphatic carboxylic acids is 1. The first-order chi connectivity index (χ1) is 15.3. The quantitative estimate of drug-likeness (QED) is 0.476. The number of anilines is 1. The Morgan fingerprint density at radius 2 is 1.53 bits per heavy atom. The number of carboxylic acid groups (broad SMARTS) is 1. The maximum absolute atomic E-state index is 13.4. The predicted molar refractivity (Wildman–Crippen MR) is 122 cm³/mol. The number of phenolic OH excluding ortho intramolecular Hbond substituents is 1. The summed E-state index contributed by atoms with van der Waals surface area (Å²) in [6.07, 6.45) is -0.451. The maximum Gasteiger partial charge on any atom is 0.332 e. The van der Waals surface area contributed by atoms with Crippen LogP contribution in [0.1, 0.15) is 30.0 Å². The van der Waals surface area contributed by atoms with Gasteiger partial charge in [-0.25, -0.2) is 4.79 Å². The van der Waals surface area contributed by atoms with E-state index in [0.717, 1.165) is 11.1 Å². The van der Waals surface area contributed by atoms with Gasteiger partial charge in [0.25, 0.3) is 0 Å². The number of carboxylic acids is 1. The number of rotatable bonds is 9. The van der Waals surface area contributed by atoms with Gasteiger partial charge in [0.2, 0.25) is 0 Å².